The van der Waals surface area contributed by atoms with Crippen LogP contribution in [0.25, 0.3) is 0 Å². The van der Waals surface area contributed by atoms with Crippen molar-refractivity contribution in [3.05, 3.63) is 97.2 Å². The van der Waals surface area contributed by atoms with Gasteiger partial charge in [-0.2, -0.15) is 0 Å². The van der Waals surface area contributed by atoms with Crippen molar-refractivity contribution in [2.24, 2.45) is 5.73 Å². The van der Waals surface area contributed by atoms with E-state index in [1.165, 1.54) is 19.3 Å². The fraction of sp³-hybridized carbons (Fsp3) is 0.622. The minimum absolute atomic E-state index is 0.0863. The van der Waals surface area contributed by atoms with Crippen molar-refractivity contribution < 1.29 is 32.8 Å². The first kappa shape index (κ1) is 51.4. The summed E-state index contributed by atoms with van der Waals surface area (Å²) < 4.78 is 33.4. The van der Waals surface area contributed by atoms with E-state index in [1.807, 2.05) is 0 Å². The van der Waals surface area contributed by atoms with Crippen LogP contribution in [0.4, 0.5) is 0 Å². The Morgan fingerprint density at radius 3 is 1.46 bits per heavy atom. The summed E-state index contributed by atoms with van der Waals surface area (Å²) in [5.41, 5.74) is 5.36. The van der Waals surface area contributed by atoms with Gasteiger partial charge in [-0.3, -0.25) is 13.8 Å². The van der Waals surface area contributed by atoms with E-state index in [9.17, 15) is 14.3 Å². The highest BCUT2D eigenvalue weighted by Gasteiger charge is 2.25. The summed E-state index contributed by atoms with van der Waals surface area (Å²) in [6.07, 6.45) is 54.2. The Kier molecular flexibility index (Phi) is 39.6. The zero-order chi connectivity index (χ0) is 39.5. The quantitative estimate of drug-likeness (QED) is 0.0276. The molecule has 0 spiro atoms. The van der Waals surface area contributed by atoms with Crippen LogP contribution in [0.3, 0.4) is 0 Å². The van der Waals surface area contributed by atoms with Crippen LogP contribution in [0, 0.1) is 0 Å². The van der Waals surface area contributed by atoms with Gasteiger partial charge in [-0.05, 0) is 89.9 Å². The van der Waals surface area contributed by atoms with E-state index < -0.39 is 13.9 Å². The second-order valence-corrected chi connectivity index (χ2v) is 14.5. The number of ether oxygens (including phenoxy) is 2. The Bertz CT molecular complexity index is 1140. The lowest BCUT2D eigenvalue weighted by molar-refractivity contribution is -0.154. The molecule has 9 heteroatoms. The lowest BCUT2D eigenvalue weighted by Crippen LogP contribution is -2.28. The Balaban J connectivity index is 4.18. The largest absolute Gasteiger partial charge is 0.472 e. The number of hydrogen-bond donors (Lipinski definition) is 2. The van der Waals surface area contributed by atoms with Gasteiger partial charge in [0.25, 0.3) is 0 Å². The molecule has 0 saturated carbocycles. The number of nitrogens with two attached hydrogens (primary N) is 1. The molecule has 0 amide bonds. The second-order valence-electron chi connectivity index (χ2n) is 13.1. The van der Waals surface area contributed by atoms with Crippen LogP contribution < -0.4 is 5.73 Å². The summed E-state index contributed by atoms with van der Waals surface area (Å²) in [5, 5.41) is 0. The minimum atomic E-state index is -4.30. The van der Waals surface area contributed by atoms with Crippen molar-refractivity contribution >= 4 is 13.8 Å². The molecular weight excluding hydrogens is 697 g/mol. The van der Waals surface area contributed by atoms with Gasteiger partial charge in [0, 0.05) is 19.6 Å². The maximum absolute atomic E-state index is 12.6. The zero-order valence-electron chi connectivity index (χ0n) is 33.9. The molecule has 0 saturated heterocycles. The summed E-state index contributed by atoms with van der Waals surface area (Å²) in [4.78, 5) is 22.5. The van der Waals surface area contributed by atoms with E-state index in [-0.39, 0.29) is 38.8 Å². The third-order valence-corrected chi connectivity index (χ3v) is 8.98. The predicted molar refractivity (Wildman–Crippen MR) is 228 cm³/mol. The molecule has 0 aliphatic rings. The number of unbranched alkanes of at least 4 members (excludes halogenated alkanes) is 9. The SMILES string of the molecule is CC/C=C\C/C=C\C/C=C\C/C=C\C/C=C\CCCCCC(=O)OC(COCCCCCCCC/C=C\C/C=C\C/C=C\CC)COP(=O)(O)OCCN. The van der Waals surface area contributed by atoms with E-state index in [1.54, 1.807) is 0 Å². The van der Waals surface area contributed by atoms with E-state index in [2.05, 4.69) is 111 Å². The van der Waals surface area contributed by atoms with Gasteiger partial charge in [-0.1, -0.05) is 143 Å². The van der Waals surface area contributed by atoms with Crippen molar-refractivity contribution in [2.75, 3.05) is 33.0 Å². The van der Waals surface area contributed by atoms with Gasteiger partial charge in [0.05, 0.1) is 19.8 Å². The molecule has 0 heterocycles. The fourth-order valence-electron chi connectivity index (χ4n) is 5.04. The maximum Gasteiger partial charge on any atom is 0.472 e. The normalized spacial score (nSPS) is 14.5. The topological polar surface area (TPSA) is 117 Å². The molecule has 308 valence electrons. The molecule has 2 atom stereocenters. The number of carbonyl (C=O) groups is 1. The average Bonchev–Trinajstić information content (AvgIpc) is 3.16. The second kappa shape index (κ2) is 41.6. The van der Waals surface area contributed by atoms with Crippen molar-refractivity contribution in [3.8, 4) is 0 Å². The van der Waals surface area contributed by atoms with E-state index in [0.29, 0.717) is 13.0 Å². The van der Waals surface area contributed by atoms with Crippen LogP contribution in [-0.2, 0) is 27.9 Å². The maximum atomic E-state index is 12.6. The highest BCUT2D eigenvalue weighted by molar-refractivity contribution is 7.47. The van der Waals surface area contributed by atoms with Crippen LogP contribution in [0.15, 0.2) is 97.2 Å². The number of phosphoric ester groups is 1. The number of hydrogen-bond acceptors (Lipinski definition) is 7. The first-order valence-corrected chi connectivity index (χ1v) is 22.2. The molecule has 0 aliphatic heterocycles. The molecule has 8 nitrogen and oxygen atoms in total. The first-order chi connectivity index (χ1) is 26.4. The van der Waals surface area contributed by atoms with Crippen LogP contribution in [0.2, 0.25) is 0 Å². The van der Waals surface area contributed by atoms with Gasteiger partial charge >= 0.3 is 13.8 Å². The molecular formula is C45H76NO7P. The van der Waals surface area contributed by atoms with Gasteiger partial charge in [0.2, 0.25) is 0 Å². The van der Waals surface area contributed by atoms with Crippen LogP contribution in [0.5, 0.6) is 0 Å². The molecule has 2 unspecified atom stereocenters. The summed E-state index contributed by atoms with van der Waals surface area (Å²) in [6, 6.07) is 0. The molecule has 54 heavy (non-hydrogen) atoms. The van der Waals surface area contributed by atoms with Crippen LogP contribution in [-0.4, -0.2) is 49.9 Å². The van der Waals surface area contributed by atoms with Crippen molar-refractivity contribution in [2.45, 2.75) is 148 Å². The Morgan fingerprint density at radius 2 is 0.981 bits per heavy atom. The van der Waals surface area contributed by atoms with Gasteiger partial charge in [-0.25, -0.2) is 4.57 Å². The standard InChI is InChI=1S/C45H76NO7P/c1-3-5-7-9-11-13-15-17-19-21-22-23-24-26-28-30-32-34-36-38-45(47)53-44(43-52-54(48,49)51-41-39-46)42-50-40-37-35-33-31-29-27-25-20-18-16-14-12-10-8-6-4-2/h5-8,11-14,17-20,22-23,26,28,44H,3-4,9-10,15-16,21,24-25,27,29-43,46H2,1-2H3,(H,48,49)/b7-5-,8-6-,13-11-,14-12-,19-17-,20-18-,23-22-,28-26-. The highest BCUT2D eigenvalue weighted by atomic mass is 31.2. The van der Waals surface area contributed by atoms with Crippen molar-refractivity contribution in [1.29, 1.82) is 0 Å². The monoisotopic (exact) mass is 774 g/mol. The molecule has 0 aliphatic carbocycles. The zero-order valence-corrected chi connectivity index (χ0v) is 34.8. The van der Waals surface area contributed by atoms with Crippen LogP contribution >= 0.6 is 7.82 Å². The van der Waals surface area contributed by atoms with Gasteiger partial charge in [-0.15, -0.1) is 0 Å². The number of rotatable bonds is 38. The average molecular weight is 774 g/mol. The van der Waals surface area contributed by atoms with Gasteiger partial charge in [0.1, 0.15) is 6.10 Å². The molecule has 0 fully saturated rings. The van der Waals surface area contributed by atoms with E-state index in [4.69, 9.17) is 24.3 Å². The lowest BCUT2D eigenvalue weighted by atomic mass is 10.1. The smallest absolute Gasteiger partial charge is 0.457 e. The summed E-state index contributed by atoms with van der Waals surface area (Å²) in [6.45, 7) is 4.58. The highest BCUT2D eigenvalue weighted by Crippen LogP contribution is 2.43. The minimum Gasteiger partial charge on any atom is -0.457 e. The fourth-order valence-corrected chi connectivity index (χ4v) is 5.80. The molecule has 0 bridgehead atoms. The van der Waals surface area contributed by atoms with E-state index in [0.717, 1.165) is 96.3 Å². The molecule has 0 rings (SSSR count). The lowest BCUT2D eigenvalue weighted by Gasteiger charge is -2.20. The number of allylic oxidation sites excluding steroid dienone is 16. The number of phosphoric acid groups is 1. The number of carbonyl (C=O) groups excluding carboxylic acids is 1. The first-order valence-electron chi connectivity index (χ1n) is 20.7. The summed E-state index contributed by atoms with van der Waals surface area (Å²) in [7, 11) is -4.30. The Labute approximate surface area is 330 Å². The molecule has 0 radical (unpaired) electrons. The Morgan fingerprint density at radius 1 is 0.556 bits per heavy atom. The van der Waals surface area contributed by atoms with Gasteiger partial charge < -0.3 is 20.1 Å². The molecule has 0 aromatic carbocycles. The number of esters is 1. The van der Waals surface area contributed by atoms with Crippen LogP contribution in [0.1, 0.15) is 142 Å². The third-order valence-electron chi connectivity index (χ3n) is 8.00. The van der Waals surface area contributed by atoms with E-state index >= 15 is 0 Å². The Hall–Kier alpha value is -2.58. The summed E-state index contributed by atoms with van der Waals surface area (Å²) >= 11 is 0. The predicted octanol–water partition coefficient (Wildman–Crippen LogP) is 12.3. The third kappa shape index (κ3) is 40.6. The van der Waals surface area contributed by atoms with Gasteiger partial charge in [0.15, 0.2) is 0 Å². The molecule has 0 aromatic heterocycles. The van der Waals surface area contributed by atoms with Crippen molar-refractivity contribution in [1.82, 2.24) is 0 Å². The molecule has 3 N–H and O–H groups in total. The summed E-state index contributed by atoms with van der Waals surface area (Å²) in [5.74, 6) is -0.371. The van der Waals surface area contributed by atoms with Crippen molar-refractivity contribution in [3.63, 3.8) is 0 Å². The molecule has 0 aromatic rings.